The van der Waals surface area contributed by atoms with E-state index in [-0.39, 0.29) is 0 Å². The molecule has 0 saturated carbocycles. The number of hydrogen-bond acceptors (Lipinski definition) is 0. The van der Waals surface area contributed by atoms with Crippen molar-refractivity contribution in [3.63, 3.8) is 0 Å². The molecule has 0 nitrogen and oxygen atoms in total. The van der Waals surface area contributed by atoms with Crippen LogP contribution < -0.4 is 0 Å². The second-order valence-corrected chi connectivity index (χ2v) is 5.03. The van der Waals surface area contributed by atoms with Gasteiger partial charge in [0.05, 0.1) is 0 Å². The first-order valence-electron chi connectivity index (χ1n) is 5.78. The van der Waals surface area contributed by atoms with Crippen molar-refractivity contribution >= 4 is 11.6 Å². The first-order chi connectivity index (χ1) is 6.61. The van der Waals surface area contributed by atoms with Crippen LogP contribution in [-0.2, 0) is 0 Å². The van der Waals surface area contributed by atoms with Gasteiger partial charge in [0.25, 0.3) is 0 Å². The van der Waals surface area contributed by atoms with E-state index in [1.54, 1.807) is 0 Å². The van der Waals surface area contributed by atoms with Crippen LogP contribution in [0.3, 0.4) is 0 Å². The average molecular weight is 217 g/mol. The Kier molecular flexibility index (Phi) is 8.37. The van der Waals surface area contributed by atoms with Crippen LogP contribution in [0.15, 0.2) is 12.7 Å². The van der Waals surface area contributed by atoms with E-state index in [1.807, 2.05) is 6.08 Å². The molecule has 0 fully saturated rings. The van der Waals surface area contributed by atoms with E-state index in [1.165, 1.54) is 12.8 Å². The fourth-order valence-corrected chi connectivity index (χ4v) is 2.06. The Labute approximate surface area is 94.7 Å². The summed E-state index contributed by atoms with van der Waals surface area (Å²) in [5.74, 6) is 3.20. The lowest BCUT2D eigenvalue weighted by molar-refractivity contribution is 0.305. The topological polar surface area (TPSA) is 0 Å². The predicted molar refractivity (Wildman–Crippen MR) is 66.9 cm³/mol. The van der Waals surface area contributed by atoms with Crippen LogP contribution in [0.1, 0.15) is 46.5 Å². The highest BCUT2D eigenvalue weighted by molar-refractivity contribution is 6.17. The Balaban J connectivity index is 3.68. The van der Waals surface area contributed by atoms with Crippen molar-refractivity contribution in [3.8, 4) is 0 Å². The van der Waals surface area contributed by atoms with E-state index in [4.69, 9.17) is 11.6 Å². The first kappa shape index (κ1) is 14.0. The van der Waals surface area contributed by atoms with Crippen LogP contribution in [0, 0.1) is 17.8 Å². The lowest BCUT2D eigenvalue weighted by atomic mass is 9.84. The molecule has 14 heavy (non-hydrogen) atoms. The maximum atomic E-state index is 5.68. The van der Waals surface area contributed by atoms with Gasteiger partial charge in [0, 0.05) is 5.88 Å². The molecule has 84 valence electrons. The summed E-state index contributed by atoms with van der Waals surface area (Å²) in [6, 6.07) is 0. The third-order valence-electron chi connectivity index (χ3n) is 3.11. The maximum absolute atomic E-state index is 5.68. The van der Waals surface area contributed by atoms with E-state index < -0.39 is 0 Å². The number of allylic oxidation sites excluding steroid dienone is 1. The second kappa shape index (κ2) is 8.35. The molecule has 1 heteroatoms. The average Bonchev–Trinajstić information content (AvgIpc) is 2.15. The van der Waals surface area contributed by atoms with Crippen molar-refractivity contribution in [2.24, 2.45) is 17.8 Å². The van der Waals surface area contributed by atoms with E-state index in [0.717, 1.165) is 36.5 Å². The van der Waals surface area contributed by atoms with Crippen molar-refractivity contribution < 1.29 is 0 Å². The number of hydrogen-bond donors (Lipinski definition) is 0. The van der Waals surface area contributed by atoms with Crippen LogP contribution in [0.4, 0.5) is 0 Å². The Morgan fingerprint density at radius 2 is 1.86 bits per heavy atom. The van der Waals surface area contributed by atoms with Gasteiger partial charge in [-0.05, 0) is 43.4 Å². The summed E-state index contributed by atoms with van der Waals surface area (Å²) >= 11 is 5.68. The highest BCUT2D eigenvalue weighted by atomic mass is 35.5. The van der Waals surface area contributed by atoms with Crippen molar-refractivity contribution in [3.05, 3.63) is 12.7 Å². The summed E-state index contributed by atoms with van der Waals surface area (Å²) < 4.78 is 0. The zero-order valence-electron chi connectivity index (χ0n) is 9.93. The minimum Gasteiger partial charge on any atom is -0.127 e. The van der Waals surface area contributed by atoms with Gasteiger partial charge < -0.3 is 0 Å². The molecule has 3 atom stereocenters. The molecule has 0 N–H and O–H groups in total. The van der Waals surface area contributed by atoms with Crippen LogP contribution in [0.2, 0.25) is 0 Å². The Bertz CT molecular complexity index is 142. The van der Waals surface area contributed by atoms with Gasteiger partial charge in [0.2, 0.25) is 0 Å². The molecule has 0 aliphatic rings. The summed E-state index contributed by atoms with van der Waals surface area (Å²) in [6.07, 6.45) is 6.93. The molecular formula is C13H25Cl. The van der Waals surface area contributed by atoms with E-state index in [2.05, 4.69) is 27.4 Å². The largest absolute Gasteiger partial charge is 0.127 e. The molecule has 0 aromatic carbocycles. The van der Waals surface area contributed by atoms with Gasteiger partial charge in [0.15, 0.2) is 0 Å². The Morgan fingerprint density at radius 3 is 2.36 bits per heavy atom. The highest BCUT2D eigenvalue weighted by Gasteiger charge is 2.13. The maximum Gasteiger partial charge on any atom is 0.0223 e. The zero-order chi connectivity index (χ0) is 11.0. The van der Waals surface area contributed by atoms with Gasteiger partial charge in [-0.1, -0.05) is 26.8 Å². The minimum absolute atomic E-state index is 0.769. The van der Waals surface area contributed by atoms with Crippen molar-refractivity contribution in [2.45, 2.75) is 46.5 Å². The van der Waals surface area contributed by atoms with Gasteiger partial charge in [-0.25, -0.2) is 0 Å². The molecule has 0 saturated heterocycles. The molecule has 0 heterocycles. The van der Waals surface area contributed by atoms with Crippen LogP contribution in [0.5, 0.6) is 0 Å². The Morgan fingerprint density at radius 1 is 1.21 bits per heavy atom. The van der Waals surface area contributed by atoms with E-state index in [0.29, 0.717) is 0 Å². The lowest BCUT2D eigenvalue weighted by Crippen LogP contribution is -2.11. The van der Waals surface area contributed by atoms with Crippen molar-refractivity contribution in [1.29, 1.82) is 0 Å². The quantitative estimate of drug-likeness (QED) is 0.401. The molecule has 0 unspecified atom stereocenters. The molecule has 0 bridgehead atoms. The first-order valence-corrected chi connectivity index (χ1v) is 6.32. The molecule has 0 aliphatic heterocycles. The summed E-state index contributed by atoms with van der Waals surface area (Å²) in [6.45, 7) is 10.8. The molecule has 0 rings (SSSR count). The number of alkyl halides is 1. The highest BCUT2D eigenvalue weighted by Crippen LogP contribution is 2.25. The van der Waals surface area contributed by atoms with Gasteiger partial charge in [-0.15, -0.1) is 18.2 Å². The van der Waals surface area contributed by atoms with Gasteiger partial charge in [-0.3, -0.25) is 0 Å². The second-order valence-electron chi connectivity index (χ2n) is 4.65. The smallest absolute Gasteiger partial charge is 0.0223 e. The zero-order valence-corrected chi connectivity index (χ0v) is 10.7. The third-order valence-corrected chi connectivity index (χ3v) is 3.38. The van der Waals surface area contributed by atoms with Crippen LogP contribution in [-0.4, -0.2) is 5.88 Å². The number of halogens is 1. The van der Waals surface area contributed by atoms with Gasteiger partial charge >= 0.3 is 0 Å². The summed E-state index contributed by atoms with van der Waals surface area (Å²) in [7, 11) is 0. The van der Waals surface area contributed by atoms with Gasteiger partial charge in [0.1, 0.15) is 0 Å². The molecule has 0 aromatic rings. The lowest BCUT2D eigenvalue weighted by Gasteiger charge is -2.22. The fourth-order valence-electron chi connectivity index (χ4n) is 1.91. The molecule has 0 aliphatic carbocycles. The molecule has 0 aromatic heterocycles. The monoisotopic (exact) mass is 216 g/mol. The van der Waals surface area contributed by atoms with Crippen LogP contribution >= 0.6 is 11.6 Å². The fraction of sp³-hybridized carbons (Fsp3) is 0.846. The summed E-state index contributed by atoms with van der Waals surface area (Å²) in [4.78, 5) is 0. The van der Waals surface area contributed by atoms with E-state index >= 15 is 0 Å². The van der Waals surface area contributed by atoms with Crippen LogP contribution in [0.25, 0.3) is 0 Å². The molecular weight excluding hydrogens is 192 g/mol. The predicted octanol–water partition coefficient (Wildman–Crippen LogP) is 4.88. The summed E-state index contributed by atoms with van der Waals surface area (Å²) in [5.41, 5.74) is 0. The molecule has 0 amide bonds. The molecule has 0 radical (unpaired) electrons. The van der Waals surface area contributed by atoms with Crippen molar-refractivity contribution in [1.82, 2.24) is 0 Å². The summed E-state index contributed by atoms with van der Waals surface area (Å²) in [5, 5.41) is 0. The SMILES string of the molecule is C=CC[C@H](C)[C@H](C)C[C@H](C)CCCCl. The minimum atomic E-state index is 0.769. The standard InChI is InChI=1S/C13H25Cl/c1-5-7-12(3)13(4)10-11(2)8-6-9-14/h5,11-13H,1,6-10H2,2-4H3/t11-,12+,13-/m1/s1. The number of rotatable bonds is 8. The van der Waals surface area contributed by atoms with Gasteiger partial charge in [-0.2, -0.15) is 0 Å². The molecule has 0 spiro atoms. The third kappa shape index (κ3) is 6.48. The normalized spacial score (nSPS) is 17.4. The van der Waals surface area contributed by atoms with E-state index in [9.17, 15) is 0 Å². The Hall–Kier alpha value is 0.0300. The van der Waals surface area contributed by atoms with Crippen molar-refractivity contribution in [2.75, 3.05) is 5.88 Å².